The molecule has 0 fully saturated rings. The van der Waals surface area contributed by atoms with E-state index in [1.165, 1.54) is 10.8 Å². The molecule has 7 heteroatoms. The molecule has 1 N–H and O–H groups in total. The van der Waals surface area contributed by atoms with Gasteiger partial charge in [0.05, 0.1) is 18.3 Å². The molecule has 160 valence electrons. The van der Waals surface area contributed by atoms with E-state index in [1.54, 1.807) is 27.6 Å². The Morgan fingerprint density at radius 3 is 2.72 bits per heavy atom. The van der Waals surface area contributed by atoms with Crippen LogP contribution in [0, 0.1) is 0 Å². The van der Waals surface area contributed by atoms with E-state index in [0.29, 0.717) is 30.9 Å². The lowest BCUT2D eigenvalue weighted by molar-refractivity contribution is -0.116. The number of carbonyl (C=O) groups excluding carboxylic acids is 1. The fraction of sp³-hybridized carbons (Fsp3) is 0.160. The third-order valence-electron chi connectivity index (χ3n) is 5.54. The molecule has 0 atom stereocenters. The van der Waals surface area contributed by atoms with Gasteiger partial charge in [0, 0.05) is 19.0 Å². The molecule has 1 amide bonds. The number of aromatic nitrogens is 3. The first-order valence-electron chi connectivity index (χ1n) is 10.6. The number of hydrogen-bond acceptors (Lipinski definition) is 4. The van der Waals surface area contributed by atoms with E-state index < -0.39 is 5.76 Å². The van der Waals surface area contributed by atoms with E-state index in [4.69, 9.17) is 4.42 Å². The largest absolute Gasteiger partial charge is 0.419 e. The molecule has 0 aliphatic rings. The standard InChI is InChI=1S/C25H22N4O3/c30-24(13-6-16-28-21-11-3-4-12-22(21)32-25(28)31)27-23-14-15-26-29(23)17-19-9-5-8-18-7-1-2-10-20(18)19/h1-5,7-12,14-15H,6,13,16-17H2,(H,27,30). The number of amides is 1. The number of para-hydroxylation sites is 2. The number of benzene rings is 3. The highest BCUT2D eigenvalue weighted by Gasteiger charge is 2.11. The van der Waals surface area contributed by atoms with E-state index in [-0.39, 0.29) is 12.3 Å². The van der Waals surface area contributed by atoms with Crippen molar-refractivity contribution < 1.29 is 9.21 Å². The molecular formula is C25H22N4O3. The molecule has 2 aromatic heterocycles. The van der Waals surface area contributed by atoms with Crippen LogP contribution >= 0.6 is 0 Å². The SMILES string of the molecule is O=C(CCCn1c(=O)oc2ccccc21)Nc1ccnn1Cc1cccc2ccccc12. The van der Waals surface area contributed by atoms with Gasteiger partial charge in [-0.1, -0.05) is 54.6 Å². The maximum absolute atomic E-state index is 12.5. The lowest BCUT2D eigenvalue weighted by Crippen LogP contribution is -2.18. The van der Waals surface area contributed by atoms with E-state index in [0.717, 1.165) is 11.1 Å². The summed E-state index contributed by atoms with van der Waals surface area (Å²) >= 11 is 0. The second-order valence-corrected chi connectivity index (χ2v) is 7.65. The van der Waals surface area contributed by atoms with E-state index in [2.05, 4.69) is 34.7 Å². The van der Waals surface area contributed by atoms with Crippen molar-refractivity contribution in [1.29, 1.82) is 0 Å². The van der Waals surface area contributed by atoms with Gasteiger partial charge in [0.25, 0.3) is 0 Å². The maximum atomic E-state index is 12.5. The Bertz CT molecular complexity index is 1460. The van der Waals surface area contributed by atoms with Crippen LogP contribution in [-0.4, -0.2) is 20.3 Å². The predicted octanol–water partition coefficient (Wildman–Crippen LogP) is 4.41. The van der Waals surface area contributed by atoms with Crippen LogP contribution in [0.4, 0.5) is 5.82 Å². The monoisotopic (exact) mass is 426 g/mol. The zero-order valence-electron chi connectivity index (χ0n) is 17.4. The molecule has 5 aromatic rings. The lowest BCUT2D eigenvalue weighted by atomic mass is 10.0. The summed E-state index contributed by atoms with van der Waals surface area (Å²) < 4.78 is 8.59. The average molecular weight is 426 g/mol. The molecular weight excluding hydrogens is 404 g/mol. The van der Waals surface area contributed by atoms with Gasteiger partial charge in [0.1, 0.15) is 5.82 Å². The van der Waals surface area contributed by atoms with Gasteiger partial charge in [-0.3, -0.25) is 9.36 Å². The number of anilines is 1. The van der Waals surface area contributed by atoms with Crippen molar-refractivity contribution in [2.45, 2.75) is 25.9 Å². The molecule has 0 unspecified atom stereocenters. The number of hydrogen-bond donors (Lipinski definition) is 1. The van der Waals surface area contributed by atoms with Gasteiger partial charge in [-0.2, -0.15) is 5.10 Å². The van der Waals surface area contributed by atoms with Crippen LogP contribution in [0.5, 0.6) is 0 Å². The van der Waals surface area contributed by atoms with Crippen molar-refractivity contribution >= 4 is 33.6 Å². The highest BCUT2D eigenvalue weighted by atomic mass is 16.4. The van der Waals surface area contributed by atoms with E-state index >= 15 is 0 Å². The predicted molar refractivity (Wildman–Crippen MR) is 124 cm³/mol. The van der Waals surface area contributed by atoms with Crippen LogP contribution < -0.4 is 11.1 Å². The fourth-order valence-electron chi connectivity index (χ4n) is 3.99. The number of rotatable bonds is 7. The Hall–Kier alpha value is -4.13. The summed E-state index contributed by atoms with van der Waals surface area (Å²) in [6.07, 6.45) is 2.48. The van der Waals surface area contributed by atoms with Crippen molar-refractivity contribution in [2.75, 3.05) is 5.32 Å². The van der Waals surface area contributed by atoms with Gasteiger partial charge in [-0.25, -0.2) is 9.48 Å². The van der Waals surface area contributed by atoms with Crippen LogP contribution in [0.25, 0.3) is 21.9 Å². The van der Waals surface area contributed by atoms with Crippen LogP contribution in [0.2, 0.25) is 0 Å². The molecule has 3 aromatic carbocycles. The zero-order chi connectivity index (χ0) is 21.9. The normalized spacial score (nSPS) is 11.2. The minimum Gasteiger partial charge on any atom is -0.408 e. The molecule has 0 bridgehead atoms. The molecule has 0 saturated heterocycles. The van der Waals surface area contributed by atoms with Crippen molar-refractivity contribution in [3.05, 3.63) is 95.1 Å². The number of oxazole rings is 1. The highest BCUT2D eigenvalue weighted by molar-refractivity contribution is 5.90. The molecule has 0 aliphatic heterocycles. The Balaban J connectivity index is 1.24. The third-order valence-corrected chi connectivity index (χ3v) is 5.54. The first-order valence-corrected chi connectivity index (χ1v) is 10.6. The number of aryl methyl sites for hydroxylation is 1. The first-order chi connectivity index (χ1) is 15.7. The Morgan fingerprint density at radius 2 is 1.78 bits per heavy atom. The minimum atomic E-state index is -0.403. The molecule has 32 heavy (non-hydrogen) atoms. The molecule has 5 rings (SSSR count). The molecule has 2 heterocycles. The summed E-state index contributed by atoms with van der Waals surface area (Å²) in [5.74, 6) is 0.124. The Kier molecular flexibility index (Phi) is 5.29. The van der Waals surface area contributed by atoms with Gasteiger partial charge in [-0.15, -0.1) is 0 Å². The number of carbonyl (C=O) groups is 1. The summed E-state index contributed by atoms with van der Waals surface area (Å²) in [7, 11) is 0. The van der Waals surface area contributed by atoms with E-state index in [9.17, 15) is 9.59 Å². The quantitative estimate of drug-likeness (QED) is 0.418. The summed E-state index contributed by atoms with van der Waals surface area (Å²) in [5, 5.41) is 9.66. The summed E-state index contributed by atoms with van der Waals surface area (Å²) in [4.78, 5) is 24.6. The minimum absolute atomic E-state index is 0.120. The molecule has 0 radical (unpaired) electrons. The molecule has 7 nitrogen and oxygen atoms in total. The third kappa shape index (κ3) is 3.92. The van der Waals surface area contributed by atoms with Crippen LogP contribution in [0.1, 0.15) is 18.4 Å². The Labute approximate surface area is 183 Å². The van der Waals surface area contributed by atoms with Crippen LogP contribution in [0.15, 0.2) is 88.2 Å². The number of fused-ring (bicyclic) bond motifs is 2. The second-order valence-electron chi connectivity index (χ2n) is 7.65. The second kappa shape index (κ2) is 8.55. The molecule has 0 spiro atoms. The Morgan fingerprint density at radius 1 is 0.969 bits per heavy atom. The fourth-order valence-corrected chi connectivity index (χ4v) is 3.99. The summed E-state index contributed by atoms with van der Waals surface area (Å²) in [6.45, 7) is 0.971. The van der Waals surface area contributed by atoms with E-state index in [1.807, 2.05) is 36.4 Å². The highest BCUT2D eigenvalue weighted by Crippen LogP contribution is 2.21. The summed E-state index contributed by atoms with van der Waals surface area (Å²) in [6, 6.07) is 23.5. The van der Waals surface area contributed by atoms with Crippen molar-refractivity contribution in [3.63, 3.8) is 0 Å². The van der Waals surface area contributed by atoms with Crippen LogP contribution in [-0.2, 0) is 17.9 Å². The van der Waals surface area contributed by atoms with Gasteiger partial charge >= 0.3 is 5.76 Å². The van der Waals surface area contributed by atoms with Crippen LogP contribution in [0.3, 0.4) is 0 Å². The van der Waals surface area contributed by atoms with Gasteiger partial charge in [0.2, 0.25) is 5.91 Å². The maximum Gasteiger partial charge on any atom is 0.419 e. The van der Waals surface area contributed by atoms with Crippen molar-refractivity contribution in [1.82, 2.24) is 14.3 Å². The topological polar surface area (TPSA) is 82.1 Å². The lowest BCUT2D eigenvalue weighted by Gasteiger charge is -2.11. The average Bonchev–Trinajstić information content (AvgIpc) is 3.37. The first kappa shape index (κ1) is 19.8. The smallest absolute Gasteiger partial charge is 0.408 e. The van der Waals surface area contributed by atoms with Gasteiger partial charge in [0.15, 0.2) is 5.58 Å². The van der Waals surface area contributed by atoms with Crippen molar-refractivity contribution in [3.8, 4) is 0 Å². The summed E-state index contributed by atoms with van der Waals surface area (Å²) in [5.41, 5.74) is 2.43. The van der Waals surface area contributed by atoms with Gasteiger partial charge < -0.3 is 9.73 Å². The zero-order valence-corrected chi connectivity index (χ0v) is 17.4. The number of nitrogens with zero attached hydrogens (tertiary/aromatic N) is 3. The van der Waals surface area contributed by atoms with Crippen molar-refractivity contribution in [2.24, 2.45) is 0 Å². The molecule has 0 aliphatic carbocycles. The molecule has 0 saturated carbocycles. The van der Waals surface area contributed by atoms with Gasteiger partial charge in [-0.05, 0) is 34.9 Å². The number of nitrogens with one attached hydrogen (secondary N) is 1.